The lowest BCUT2D eigenvalue weighted by Crippen LogP contribution is -2.35. The molecule has 20 heavy (non-hydrogen) atoms. The summed E-state index contributed by atoms with van der Waals surface area (Å²) in [6.45, 7) is 6.12. The average Bonchev–Trinajstić information content (AvgIpc) is 2.42. The summed E-state index contributed by atoms with van der Waals surface area (Å²) in [5, 5.41) is 9.87. The Morgan fingerprint density at radius 1 is 1.40 bits per heavy atom. The van der Waals surface area contributed by atoms with Crippen molar-refractivity contribution in [3.05, 3.63) is 29.1 Å². The van der Waals surface area contributed by atoms with Crippen molar-refractivity contribution in [1.29, 1.82) is 0 Å². The van der Waals surface area contributed by atoms with E-state index in [9.17, 15) is 9.50 Å². The van der Waals surface area contributed by atoms with Crippen molar-refractivity contribution in [2.75, 3.05) is 31.7 Å². The number of piperidine rings is 1. The van der Waals surface area contributed by atoms with Gasteiger partial charge in [-0.3, -0.25) is 0 Å². The van der Waals surface area contributed by atoms with E-state index in [0.717, 1.165) is 38.2 Å². The molecule has 112 valence electrons. The molecule has 0 aliphatic carbocycles. The van der Waals surface area contributed by atoms with Gasteiger partial charge in [0.25, 0.3) is 0 Å². The second-order valence-electron chi connectivity index (χ2n) is 5.72. The Morgan fingerprint density at radius 2 is 2.05 bits per heavy atom. The van der Waals surface area contributed by atoms with Crippen LogP contribution in [-0.2, 0) is 4.74 Å². The highest BCUT2D eigenvalue weighted by atomic mass is 19.1. The van der Waals surface area contributed by atoms with Crippen molar-refractivity contribution in [2.45, 2.75) is 32.8 Å². The summed E-state index contributed by atoms with van der Waals surface area (Å²) in [7, 11) is 1.74. The van der Waals surface area contributed by atoms with Crippen molar-refractivity contribution in [3.8, 4) is 0 Å². The number of benzene rings is 1. The zero-order valence-electron chi connectivity index (χ0n) is 12.5. The van der Waals surface area contributed by atoms with Crippen LogP contribution in [0.5, 0.6) is 0 Å². The van der Waals surface area contributed by atoms with E-state index < -0.39 is 6.10 Å². The second kappa shape index (κ2) is 6.55. The molecule has 1 heterocycles. The Labute approximate surface area is 120 Å². The van der Waals surface area contributed by atoms with Gasteiger partial charge >= 0.3 is 0 Å². The van der Waals surface area contributed by atoms with E-state index in [4.69, 9.17) is 4.74 Å². The molecule has 2 rings (SSSR count). The number of halogens is 1. The van der Waals surface area contributed by atoms with Crippen molar-refractivity contribution in [3.63, 3.8) is 0 Å². The maximum Gasteiger partial charge on any atom is 0.126 e. The normalized spacial score (nSPS) is 18.4. The summed E-state index contributed by atoms with van der Waals surface area (Å²) in [6, 6.07) is 3.32. The largest absolute Gasteiger partial charge is 0.389 e. The molecule has 0 spiro atoms. The first-order chi connectivity index (χ1) is 9.52. The summed E-state index contributed by atoms with van der Waals surface area (Å²) in [4.78, 5) is 2.25. The number of nitrogens with zero attached hydrogens (tertiary/aromatic N) is 1. The summed E-state index contributed by atoms with van der Waals surface area (Å²) in [6.07, 6.45) is 1.49. The Balaban J connectivity index is 2.18. The number of anilines is 1. The van der Waals surface area contributed by atoms with Crippen LogP contribution in [0.15, 0.2) is 12.1 Å². The molecular weight excluding hydrogens is 257 g/mol. The fourth-order valence-corrected chi connectivity index (χ4v) is 2.87. The predicted molar refractivity (Wildman–Crippen MR) is 78.6 cm³/mol. The minimum Gasteiger partial charge on any atom is -0.389 e. The topological polar surface area (TPSA) is 32.7 Å². The van der Waals surface area contributed by atoms with Crippen molar-refractivity contribution in [2.24, 2.45) is 5.92 Å². The molecule has 1 aromatic rings. The van der Waals surface area contributed by atoms with E-state index in [2.05, 4.69) is 4.90 Å². The summed E-state index contributed by atoms with van der Waals surface area (Å²) >= 11 is 0. The molecule has 0 amide bonds. The minimum atomic E-state index is -0.656. The summed E-state index contributed by atoms with van der Waals surface area (Å²) in [5.74, 6) is 0.353. The maximum absolute atomic E-state index is 13.7. The molecule has 4 heteroatoms. The van der Waals surface area contributed by atoms with Crippen molar-refractivity contribution >= 4 is 5.69 Å². The number of rotatable bonds is 4. The zero-order valence-corrected chi connectivity index (χ0v) is 12.5. The highest BCUT2D eigenvalue weighted by Gasteiger charge is 2.23. The Morgan fingerprint density at radius 3 is 2.60 bits per heavy atom. The third kappa shape index (κ3) is 3.30. The fraction of sp³-hybridized carbons (Fsp3) is 0.625. The molecule has 3 nitrogen and oxygen atoms in total. The van der Waals surface area contributed by atoms with Gasteiger partial charge in [0.15, 0.2) is 0 Å². The van der Waals surface area contributed by atoms with Crippen LogP contribution >= 0.6 is 0 Å². The van der Waals surface area contributed by atoms with Crippen molar-refractivity contribution in [1.82, 2.24) is 0 Å². The van der Waals surface area contributed by atoms with Crippen LogP contribution in [0.4, 0.5) is 10.1 Å². The molecular formula is C16H24FNO2. The van der Waals surface area contributed by atoms with Gasteiger partial charge in [-0.15, -0.1) is 0 Å². The SMILES string of the molecule is COCC1CCN(c2cc(C)c(F)cc2[C@H](C)O)CC1. The first-order valence-electron chi connectivity index (χ1n) is 7.25. The molecule has 0 unspecified atom stereocenters. The molecule has 1 saturated heterocycles. The second-order valence-corrected chi connectivity index (χ2v) is 5.72. The van der Waals surface area contributed by atoms with Gasteiger partial charge in [0.1, 0.15) is 5.82 Å². The van der Waals surface area contributed by atoms with Gasteiger partial charge in [0.05, 0.1) is 6.10 Å². The number of ether oxygens (including phenoxy) is 1. The van der Waals surface area contributed by atoms with Crippen LogP contribution in [0.25, 0.3) is 0 Å². The van der Waals surface area contributed by atoms with E-state index in [1.54, 1.807) is 21.0 Å². The van der Waals surface area contributed by atoms with Gasteiger partial charge in [-0.2, -0.15) is 0 Å². The van der Waals surface area contributed by atoms with Crippen LogP contribution in [0.3, 0.4) is 0 Å². The minimum absolute atomic E-state index is 0.251. The molecule has 1 N–H and O–H groups in total. The number of aliphatic hydroxyl groups is 1. The van der Waals surface area contributed by atoms with E-state index >= 15 is 0 Å². The number of aryl methyl sites for hydroxylation is 1. The van der Waals surface area contributed by atoms with Gasteiger partial charge in [-0.25, -0.2) is 4.39 Å². The molecule has 1 atom stereocenters. The van der Waals surface area contributed by atoms with Crippen LogP contribution < -0.4 is 4.90 Å². The fourth-order valence-electron chi connectivity index (χ4n) is 2.87. The molecule has 0 aromatic heterocycles. The first kappa shape index (κ1) is 15.3. The molecule has 0 radical (unpaired) electrons. The van der Waals surface area contributed by atoms with Crippen LogP contribution in [0, 0.1) is 18.7 Å². The highest BCUT2D eigenvalue weighted by Crippen LogP contribution is 2.32. The molecule has 0 bridgehead atoms. The number of aliphatic hydroxyl groups excluding tert-OH is 1. The van der Waals surface area contributed by atoms with Crippen LogP contribution in [0.2, 0.25) is 0 Å². The smallest absolute Gasteiger partial charge is 0.126 e. The highest BCUT2D eigenvalue weighted by molar-refractivity contribution is 5.57. The third-order valence-electron chi connectivity index (χ3n) is 4.12. The van der Waals surface area contributed by atoms with E-state index in [-0.39, 0.29) is 5.82 Å². The van der Waals surface area contributed by atoms with Crippen LogP contribution in [-0.4, -0.2) is 31.9 Å². The number of hydrogen-bond donors (Lipinski definition) is 1. The van der Waals surface area contributed by atoms with E-state index in [0.29, 0.717) is 17.0 Å². The van der Waals surface area contributed by atoms with Gasteiger partial charge < -0.3 is 14.7 Å². The van der Waals surface area contributed by atoms with Gasteiger partial charge in [0.2, 0.25) is 0 Å². The van der Waals surface area contributed by atoms with Crippen molar-refractivity contribution < 1.29 is 14.2 Å². The summed E-state index contributed by atoms with van der Waals surface area (Å²) < 4.78 is 18.9. The standard InChI is InChI=1S/C16H24FNO2/c1-11-8-16(14(12(2)19)9-15(11)17)18-6-4-13(5-7-18)10-20-3/h8-9,12-13,19H,4-7,10H2,1-3H3/t12-/m0/s1. The number of hydrogen-bond acceptors (Lipinski definition) is 3. The number of methoxy groups -OCH3 is 1. The molecule has 0 saturated carbocycles. The lowest BCUT2D eigenvalue weighted by Gasteiger charge is -2.35. The van der Waals surface area contributed by atoms with E-state index in [1.807, 2.05) is 6.07 Å². The Bertz CT molecular complexity index is 454. The van der Waals surface area contributed by atoms with Gasteiger partial charge in [0, 0.05) is 38.1 Å². The quantitative estimate of drug-likeness (QED) is 0.920. The van der Waals surface area contributed by atoms with Crippen LogP contribution in [0.1, 0.15) is 37.0 Å². The average molecular weight is 281 g/mol. The summed E-state index contributed by atoms with van der Waals surface area (Å²) in [5.41, 5.74) is 2.27. The lowest BCUT2D eigenvalue weighted by molar-refractivity contribution is 0.139. The molecule has 1 aliphatic heterocycles. The first-order valence-corrected chi connectivity index (χ1v) is 7.25. The predicted octanol–water partition coefficient (Wildman–Crippen LogP) is 3.05. The zero-order chi connectivity index (χ0) is 14.7. The third-order valence-corrected chi connectivity index (χ3v) is 4.12. The maximum atomic E-state index is 13.7. The monoisotopic (exact) mass is 281 g/mol. The van der Waals surface area contributed by atoms with Gasteiger partial charge in [-0.1, -0.05) is 0 Å². The lowest BCUT2D eigenvalue weighted by atomic mass is 9.95. The van der Waals surface area contributed by atoms with Gasteiger partial charge in [-0.05, 0) is 50.3 Å². The van der Waals surface area contributed by atoms with E-state index in [1.165, 1.54) is 6.07 Å². The molecule has 1 aromatic carbocycles. The molecule has 1 aliphatic rings. The Kier molecular flexibility index (Phi) is 5.00. The Hall–Kier alpha value is -1.13. The molecule has 1 fully saturated rings.